The molecule has 10 heteroatoms. The summed E-state index contributed by atoms with van der Waals surface area (Å²) in [4.78, 5) is 46.8. The molecule has 3 N–H and O–H groups in total. The van der Waals surface area contributed by atoms with Gasteiger partial charge in [0.1, 0.15) is 21.2 Å². The molecule has 4 aromatic rings. The number of hydrogen-bond acceptors (Lipinski definition) is 6. The zero-order valence-electron chi connectivity index (χ0n) is 22.5. The number of aryl methyl sites for hydroxylation is 1. The Hall–Kier alpha value is -4.70. The fourth-order valence-electron chi connectivity index (χ4n) is 5.63. The smallest absolute Gasteiger partial charge is 0.323 e. The Morgan fingerprint density at radius 2 is 1.90 bits per heavy atom. The first-order valence-corrected chi connectivity index (χ1v) is 14.3. The van der Waals surface area contributed by atoms with Gasteiger partial charge < -0.3 is 25.6 Å². The normalized spacial score (nSPS) is 17.7. The number of urea groups is 1. The van der Waals surface area contributed by atoms with E-state index < -0.39 is 6.03 Å². The maximum absolute atomic E-state index is 14.6. The van der Waals surface area contributed by atoms with E-state index >= 15 is 0 Å². The van der Waals surface area contributed by atoms with Gasteiger partial charge in [0.2, 0.25) is 5.91 Å². The number of benzene rings is 2. The van der Waals surface area contributed by atoms with Gasteiger partial charge in [0.15, 0.2) is 0 Å². The number of aromatic nitrogens is 1. The minimum Gasteiger partial charge on any atom is -0.457 e. The first-order chi connectivity index (χ1) is 19.9. The van der Waals surface area contributed by atoms with Crippen LogP contribution in [0.15, 0.2) is 73.4 Å². The number of carbonyl (C=O) groups is 3. The first-order valence-electron chi connectivity index (χ1n) is 13.5. The van der Waals surface area contributed by atoms with Crippen LogP contribution < -0.4 is 25.6 Å². The van der Waals surface area contributed by atoms with Gasteiger partial charge in [-0.3, -0.25) is 9.59 Å². The molecule has 3 heterocycles. The number of nitrogens with zero attached hydrogens (tertiary/aromatic N) is 2. The number of pyridine rings is 1. The SMILES string of the molecule is C=CC(=O)N[C@@H]1CCCCC1N(C(=O)c1sc2nccc3c2c1NC(=O)N3)c1ccc(Oc2ccccc2)cc1C. The molecule has 9 nitrogen and oxygen atoms in total. The van der Waals surface area contributed by atoms with Crippen molar-refractivity contribution in [2.24, 2.45) is 0 Å². The summed E-state index contributed by atoms with van der Waals surface area (Å²) in [5.41, 5.74) is 2.61. The molecule has 1 fully saturated rings. The minimum absolute atomic E-state index is 0.263. The Morgan fingerprint density at radius 3 is 2.68 bits per heavy atom. The Morgan fingerprint density at radius 1 is 1.10 bits per heavy atom. The lowest BCUT2D eigenvalue weighted by molar-refractivity contribution is -0.117. The number of nitrogens with one attached hydrogen (secondary N) is 3. The Kier molecular flexibility index (Phi) is 7.15. The summed E-state index contributed by atoms with van der Waals surface area (Å²) in [6, 6.07) is 15.9. The van der Waals surface area contributed by atoms with Crippen LogP contribution in [-0.2, 0) is 4.79 Å². The number of carbonyl (C=O) groups excluding carboxylic acids is 3. The molecule has 41 heavy (non-hydrogen) atoms. The Labute approximate surface area is 241 Å². The third-order valence-corrected chi connectivity index (χ3v) is 8.56. The van der Waals surface area contributed by atoms with E-state index in [4.69, 9.17) is 4.74 Å². The van der Waals surface area contributed by atoms with E-state index in [-0.39, 0.29) is 23.9 Å². The third kappa shape index (κ3) is 5.14. The van der Waals surface area contributed by atoms with Gasteiger partial charge in [-0.1, -0.05) is 37.6 Å². The lowest BCUT2D eigenvalue weighted by atomic mass is 9.88. The molecular weight excluding hydrogens is 538 g/mol. The maximum atomic E-state index is 14.6. The van der Waals surface area contributed by atoms with Crippen molar-refractivity contribution in [2.75, 3.05) is 15.5 Å². The van der Waals surface area contributed by atoms with Crippen molar-refractivity contribution < 1.29 is 19.1 Å². The maximum Gasteiger partial charge on any atom is 0.323 e. The number of anilines is 3. The molecule has 0 radical (unpaired) electrons. The van der Waals surface area contributed by atoms with Crippen molar-refractivity contribution in [1.29, 1.82) is 0 Å². The van der Waals surface area contributed by atoms with Crippen molar-refractivity contribution >= 4 is 56.5 Å². The monoisotopic (exact) mass is 567 g/mol. The van der Waals surface area contributed by atoms with Crippen molar-refractivity contribution in [3.63, 3.8) is 0 Å². The quantitative estimate of drug-likeness (QED) is 0.217. The number of para-hydroxylation sites is 1. The van der Waals surface area contributed by atoms with E-state index in [0.29, 0.717) is 50.1 Å². The van der Waals surface area contributed by atoms with E-state index in [1.807, 2.05) is 55.5 Å². The zero-order chi connectivity index (χ0) is 28.5. The van der Waals surface area contributed by atoms with E-state index in [1.165, 1.54) is 17.4 Å². The van der Waals surface area contributed by atoms with Crippen LogP contribution >= 0.6 is 11.3 Å². The molecule has 1 saturated carbocycles. The Bertz CT molecular complexity index is 1670. The summed E-state index contributed by atoms with van der Waals surface area (Å²) in [5.74, 6) is 0.820. The molecule has 0 spiro atoms. The predicted octanol–water partition coefficient (Wildman–Crippen LogP) is 6.61. The van der Waals surface area contributed by atoms with E-state index in [9.17, 15) is 14.4 Å². The molecule has 4 amide bonds. The van der Waals surface area contributed by atoms with Crippen LogP contribution in [0.4, 0.5) is 21.9 Å². The number of amides is 4. The molecule has 1 aliphatic heterocycles. The van der Waals surface area contributed by atoms with Crippen LogP contribution in [0.5, 0.6) is 11.5 Å². The summed E-state index contributed by atoms with van der Waals surface area (Å²) >= 11 is 1.24. The number of thiophene rings is 1. The number of hydrogen-bond donors (Lipinski definition) is 3. The topological polar surface area (TPSA) is 113 Å². The van der Waals surface area contributed by atoms with E-state index in [0.717, 1.165) is 24.8 Å². The highest BCUT2D eigenvalue weighted by atomic mass is 32.1. The van der Waals surface area contributed by atoms with Gasteiger partial charge in [-0.15, -0.1) is 11.3 Å². The third-order valence-electron chi connectivity index (χ3n) is 7.47. The van der Waals surface area contributed by atoms with Gasteiger partial charge in [-0.25, -0.2) is 9.78 Å². The van der Waals surface area contributed by atoms with Crippen LogP contribution in [0.2, 0.25) is 0 Å². The van der Waals surface area contributed by atoms with Crippen LogP contribution in [0.1, 0.15) is 40.9 Å². The highest BCUT2D eigenvalue weighted by molar-refractivity contribution is 7.21. The minimum atomic E-state index is -0.406. The van der Waals surface area contributed by atoms with Crippen molar-refractivity contribution in [1.82, 2.24) is 10.3 Å². The highest BCUT2D eigenvalue weighted by Crippen LogP contribution is 2.43. The van der Waals surface area contributed by atoms with Gasteiger partial charge in [-0.05, 0) is 67.8 Å². The predicted molar refractivity (Wildman–Crippen MR) is 161 cm³/mol. The second-order valence-electron chi connectivity index (χ2n) is 10.1. The van der Waals surface area contributed by atoms with Crippen LogP contribution in [0, 0.1) is 6.92 Å². The van der Waals surface area contributed by atoms with Gasteiger partial charge in [0.25, 0.3) is 5.91 Å². The summed E-state index contributed by atoms with van der Waals surface area (Å²) in [7, 11) is 0. The van der Waals surface area contributed by atoms with Gasteiger partial charge in [0, 0.05) is 17.9 Å². The molecule has 2 aromatic carbocycles. The standard InChI is InChI=1S/C31H29N5O4S/c1-3-25(37)33-21-11-7-8-12-24(21)36(23-14-13-20(17-18(23)2)40-19-9-5-4-6-10-19)30(38)28-27-26-22(34-31(39)35-27)15-16-32-29(26)41-28/h3-6,9-10,13-17,21,24H,1,7-8,11-12H2,2H3,(H,33,37)(H2,34,35,39)/t21-,24?/m1/s1. The lowest BCUT2D eigenvalue weighted by Crippen LogP contribution is -2.55. The van der Waals surface area contributed by atoms with Crippen LogP contribution in [0.25, 0.3) is 10.2 Å². The molecule has 1 aliphatic carbocycles. The van der Waals surface area contributed by atoms with Gasteiger partial charge >= 0.3 is 6.03 Å². The molecule has 2 aliphatic rings. The summed E-state index contributed by atoms with van der Waals surface area (Å²) < 4.78 is 6.05. The van der Waals surface area contributed by atoms with Gasteiger partial charge in [0.05, 0.1) is 22.8 Å². The molecule has 6 rings (SSSR count). The molecular formula is C31H29N5O4S. The van der Waals surface area contributed by atoms with E-state index in [2.05, 4.69) is 27.5 Å². The molecule has 2 atom stereocenters. The fraction of sp³-hybridized carbons (Fsp3) is 0.226. The average molecular weight is 568 g/mol. The van der Waals surface area contributed by atoms with Gasteiger partial charge in [-0.2, -0.15) is 0 Å². The van der Waals surface area contributed by atoms with Crippen LogP contribution in [0.3, 0.4) is 0 Å². The number of ether oxygens (including phenoxy) is 1. The van der Waals surface area contributed by atoms with Crippen molar-refractivity contribution in [3.8, 4) is 11.5 Å². The summed E-state index contributed by atoms with van der Waals surface area (Å²) in [6.07, 6.45) is 6.15. The first kappa shape index (κ1) is 26.5. The zero-order valence-corrected chi connectivity index (χ0v) is 23.3. The van der Waals surface area contributed by atoms with Crippen LogP contribution in [-0.4, -0.2) is 34.9 Å². The number of rotatable bonds is 7. The summed E-state index contributed by atoms with van der Waals surface area (Å²) in [6.45, 7) is 5.54. The van der Waals surface area contributed by atoms with Crippen molar-refractivity contribution in [3.05, 3.63) is 83.9 Å². The molecule has 208 valence electrons. The molecule has 0 bridgehead atoms. The second-order valence-corrected chi connectivity index (χ2v) is 11.1. The average Bonchev–Trinajstić information content (AvgIpc) is 3.35. The fourth-order valence-corrected chi connectivity index (χ4v) is 6.69. The Balaban J connectivity index is 1.45. The van der Waals surface area contributed by atoms with Crippen molar-refractivity contribution in [2.45, 2.75) is 44.7 Å². The largest absolute Gasteiger partial charge is 0.457 e. The molecule has 2 aromatic heterocycles. The lowest BCUT2D eigenvalue weighted by Gasteiger charge is -2.40. The molecule has 1 unspecified atom stereocenters. The molecule has 0 saturated heterocycles. The summed E-state index contributed by atoms with van der Waals surface area (Å²) in [5, 5.41) is 9.40. The van der Waals surface area contributed by atoms with E-state index in [1.54, 1.807) is 17.2 Å². The highest BCUT2D eigenvalue weighted by Gasteiger charge is 2.38. The second kappa shape index (κ2) is 11.1.